The van der Waals surface area contributed by atoms with Crippen LogP contribution in [0.5, 0.6) is 0 Å². The zero-order valence-electron chi connectivity index (χ0n) is 17.0. The standard InChI is InChI=1S/C21H21F3N6O/c1-3-13(4-2)17-27-19-16(20(31)29-17)26-18(28-19)14-9-25-30(11-14)10-12-6-5-7-15(8-12)21(22,23)24/h5-9,11,13H,3-4,10H2,1-2H3,(H2,26,27,28,29,31). The Morgan fingerprint density at radius 3 is 2.61 bits per heavy atom. The van der Waals surface area contributed by atoms with Crippen LogP contribution in [0.15, 0.2) is 41.5 Å². The fourth-order valence-electron chi connectivity index (χ4n) is 3.53. The van der Waals surface area contributed by atoms with E-state index in [1.165, 1.54) is 10.7 Å². The molecule has 0 bridgehead atoms. The first-order valence-electron chi connectivity index (χ1n) is 9.97. The average molecular weight is 430 g/mol. The van der Waals surface area contributed by atoms with Gasteiger partial charge in [0.15, 0.2) is 11.2 Å². The molecule has 4 aromatic rings. The Hall–Kier alpha value is -3.43. The van der Waals surface area contributed by atoms with Gasteiger partial charge in [0.25, 0.3) is 5.56 Å². The number of fused-ring (bicyclic) bond motifs is 1. The lowest BCUT2D eigenvalue weighted by Gasteiger charge is -2.10. The van der Waals surface area contributed by atoms with E-state index in [9.17, 15) is 18.0 Å². The third-order valence-electron chi connectivity index (χ3n) is 5.26. The smallest absolute Gasteiger partial charge is 0.332 e. The molecule has 0 radical (unpaired) electrons. The van der Waals surface area contributed by atoms with Crippen molar-refractivity contribution in [1.82, 2.24) is 29.7 Å². The van der Waals surface area contributed by atoms with Gasteiger partial charge in [0.05, 0.1) is 23.9 Å². The molecule has 0 saturated heterocycles. The van der Waals surface area contributed by atoms with E-state index < -0.39 is 11.7 Å². The summed E-state index contributed by atoms with van der Waals surface area (Å²) in [5, 5.41) is 4.21. The van der Waals surface area contributed by atoms with E-state index in [0.717, 1.165) is 25.0 Å². The number of aromatic nitrogens is 6. The first-order chi connectivity index (χ1) is 14.8. The molecule has 2 N–H and O–H groups in total. The molecule has 0 aliphatic heterocycles. The summed E-state index contributed by atoms with van der Waals surface area (Å²) in [6.07, 6.45) is 0.511. The molecule has 0 unspecified atom stereocenters. The number of nitrogens with one attached hydrogen (secondary N) is 2. The maximum Gasteiger partial charge on any atom is 0.416 e. The highest BCUT2D eigenvalue weighted by Gasteiger charge is 2.30. The van der Waals surface area contributed by atoms with Crippen LogP contribution in [0, 0.1) is 0 Å². The van der Waals surface area contributed by atoms with Gasteiger partial charge in [-0.1, -0.05) is 26.0 Å². The van der Waals surface area contributed by atoms with Crippen LogP contribution in [-0.4, -0.2) is 29.7 Å². The van der Waals surface area contributed by atoms with Gasteiger partial charge in [-0.05, 0) is 30.5 Å². The number of hydrogen-bond donors (Lipinski definition) is 2. The highest BCUT2D eigenvalue weighted by atomic mass is 19.4. The van der Waals surface area contributed by atoms with Gasteiger partial charge in [0.1, 0.15) is 11.6 Å². The molecule has 0 spiro atoms. The van der Waals surface area contributed by atoms with Crippen molar-refractivity contribution in [2.24, 2.45) is 0 Å². The minimum absolute atomic E-state index is 0.146. The molecular formula is C21H21F3N6O. The normalized spacial score (nSPS) is 12.2. The zero-order chi connectivity index (χ0) is 22.2. The lowest BCUT2D eigenvalue weighted by Crippen LogP contribution is -2.14. The van der Waals surface area contributed by atoms with E-state index in [2.05, 4.69) is 25.0 Å². The van der Waals surface area contributed by atoms with Crippen LogP contribution < -0.4 is 5.56 Å². The number of alkyl halides is 3. The van der Waals surface area contributed by atoms with Crippen molar-refractivity contribution in [3.8, 4) is 11.4 Å². The third kappa shape index (κ3) is 4.23. The molecule has 3 aromatic heterocycles. The molecule has 162 valence electrons. The number of H-pyrrole nitrogens is 2. The molecule has 7 nitrogen and oxygen atoms in total. The SMILES string of the molecule is CCC(CC)c1nc2nc(-c3cnn(Cc4cccc(C(F)(F)F)c4)c3)[nH]c2c(=O)[nH]1. The summed E-state index contributed by atoms with van der Waals surface area (Å²) < 4.78 is 40.3. The van der Waals surface area contributed by atoms with Crippen LogP contribution in [0.2, 0.25) is 0 Å². The van der Waals surface area contributed by atoms with Gasteiger partial charge in [-0.3, -0.25) is 9.48 Å². The van der Waals surface area contributed by atoms with Crippen LogP contribution in [0.25, 0.3) is 22.6 Å². The third-order valence-corrected chi connectivity index (χ3v) is 5.26. The van der Waals surface area contributed by atoms with Gasteiger partial charge in [0, 0.05) is 12.1 Å². The lowest BCUT2D eigenvalue weighted by atomic mass is 10.0. The molecule has 0 atom stereocenters. The van der Waals surface area contributed by atoms with Crippen LogP contribution >= 0.6 is 0 Å². The van der Waals surface area contributed by atoms with Crippen molar-refractivity contribution < 1.29 is 13.2 Å². The lowest BCUT2D eigenvalue weighted by molar-refractivity contribution is -0.137. The zero-order valence-corrected chi connectivity index (χ0v) is 17.0. The largest absolute Gasteiger partial charge is 0.416 e. The molecular weight excluding hydrogens is 409 g/mol. The number of imidazole rings is 1. The Bertz CT molecular complexity index is 1270. The maximum absolute atomic E-state index is 12.9. The summed E-state index contributed by atoms with van der Waals surface area (Å²) in [4.78, 5) is 27.2. The first-order valence-corrected chi connectivity index (χ1v) is 9.97. The van der Waals surface area contributed by atoms with Gasteiger partial charge in [-0.25, -0.2) is 9.97 Å². The van der Waals surface area contributed by atoms with Crippen molar-refractivity contribution in [1.29, 1.82) is 0 Å². The quantitative estimate of drug-likeness (QED) is 0.472. The molecule has 31 heavy (non-hydrogen) atoms. The van der Waals surface area contributed by atoms with E-state index in [1.807, 2.05) is 13.8 Å². The number of rotatable bonds is 6. The monoisotopic (exact) mass is 430 g/mol. The number of halogens is 3. The fraction of sp³-hybridized carbons (Fsp3) is 0.333. The van der Waals surface area contributed by atoms with Crippen LogP contribution in [0.3, 0.4) is 0 Å². The summed E-state index contributed by atoms with van der Waals surface area (Å²) in [7, 11) is 0. The number of hydrogen-bond acceptors (Lipinski definition) is 4. The minimum Gasteiger partial charge on any atom is -0.332 e. The Morgan fingerprint density at radius 2 is 1.90 bits per heavy atom. The summed E-state index contributed by atoms with van der Waals surface area (Å²) in [5.41, 5.74) is 0.687. The predicted molar refractivity (Wildman–Crippen MR) is 110 cm³/mol. The maximum atomic E-state index is 12.9. The molecule has 0 fully saturated rings. The Balaban J connectivity index is 1.62. The summed E-state index contributed by atoms with van der Waals surface area (Å²) in [6, 6.07) is 5.12. The molecule has 0 amide bonds. The second-order valence-electron chi connectivity index (χ2n) is 7.37. The van der Waals surface area contributed by atoms with E-state index >= 15 is 0 Å². The minimum atomic E-state index is -4.40. The summed E-state index contributed by atoms with van der Waals surface area (Å²) in [5.74, 6) is 1.18. The van der Waals surface area contributed by atoms with Gasteiger partial charge in [0.2, 0.25) is 0 Å². The molecule has 10 heteroatoms. The topological polar surface area (TPSA) is 92.2 Å². The van der Waals surface area contributed by atoms with Gasteiger partial charge < -0.3 is 9.97 Å². The van der Waals surface area contributed by atoms with Crippen molar-refractivity contribution in [2.75, 3.05) is 0 Å². The van der Waals surface area contributed by atoms with Crippen LogP contribution in [0.4, 0.5) is 13.2 Å². The van der Waals surface area contributed by atoms with Crippen molar-refractivity contribution in [3.63, 3.8) is 0 Å². The molecule has 0 aliphatic rings. The Morgan fingerprint density at radius 1 is 1.13 bits per heavy atom. The molecule has 4 rings (SSSR count). The van der Waals surface area contributed by atoms with Crippen molar-refractivity contribution >= 4 is 11.2 Å². The fourth-order valence-corrected chi connectivity index (χ4v) is 3.53. The van der Waals surface area contributed by atoms with Gasteiger partial charge >= 0.3 is 6.18 Å². The van der Waals surface area contributed by atoms with E-state index in [0.29, 0.717) is 28.4 Å². The number of aromatic amines is 2. The number of nitrogens with zero attached hydrogens (tertiary/aromatic N) is 4. The summed E-state index contributed by atoms with van der Waals surface area (Å²) in [6.45, 7) is 4.24. The summed E-state index contributed by atoms with van der Waals surface area (Å²) >= 11 is 0. The highest BCUT2D eigenvalue weighted by Crippen LogP contribution is 2.29. The Labute approximate surface area is 175 Å². The van der Waals surface area contributed by atoms with E-state index in [1.54, 1.807) is 18.5 Å². The van der Waals surface area contributed by atoms with E-state index in [4.69, 9.17) is 0 Å². The Kier molecular flexibility index (Phi) is 5.38. The molecule has 1 aromatic carbocycles. The molecule has 0 aliphatic carbocycles. The highest BCUT2D eigenvalue weighted by molar-refractivity contribution is 5.74. The van der Waals surface area contributed by atoms with E-state index in [-0.39, 0.29) is 23.5 Å². The van der Waals surface area contributed by atoms with Crippen molar-refractivity contribution in [2.45, 2.75) is 45.3 Å². The van der Waals surface area contributed by atoms with Crippen molar-refractivity contribution in [3.05, 3.63) is 64.0 Å². The predicted octanol–water partition coefficient (Wildman–Crippen LogP) is 4.48. The second-order valence-corrected chi connectivity index (χ2v) is 7.37. The van der Waals surface area contributed by atoms with Gasteiger partial charge in [-0.15, -0.1) is 0 Å². The van der Waals surface area contributed by atoms with Crippen LogP contribution in [0.1, 0.15) is 49.6 Å². The molecule has 0 saturated carbocycles. The first kappa shape index (κ1) is 20.8. The van der Waals surface area contributed by atoms with Gasteiger partial charge in [-0.2, -0.15) is 18.3 Å². The molecule has 3 heterocycles. The van der Waals surface area contributed by atoms with Crippen LogP contribution in [-0.2, 0) is 12.7 Å². The second kappa shape index (κ2) is 8.01. The average Bonchev–Trinajstić information content (AvgIpc) is 3.36. The number of benzene rings is 1.